The second-order valence-corrected chi connectivity index (χ2v) is 9.40. The van der Waals surface area contributed by atoms with Crippen molar-refractivity contribution in [1.29, 1.82) is 0 Å². The summed E-state index contributed by atoms with van der Waals surface area (Å²) in [6.45, 7) is -0.499. The van der Waals surface area contributed by atoms with Gasteiger partial charge in [-0.3, -0.25) is 9.11 Å². The maximum atomic E-state index is 11.5. The van der Waals surface area contributed by atoms with Crippen molar-refractivity contribution in [2.24, 2.45) is 0 Å². The van der Waals surface area contributed by atoms with Gasteiger partial charge in [-0.25, -0.2) is 8.37 Å². The van der Waals surface area contributed by atoms with Crippen molar-refractivity contribution in [1.82, 2.24) is 0 Å². The van der Waals surface area contributed by atoms with Crippen LogP contribution in [0.1, 0.15) is 11.1 Å². The molecule has 0 spiro atoms. The summed E-state index contributed by atoms with van der Waals surface area (Å²) in [5, 5.41) is 10.5. The van der Waals surface area contributed by atoms with Crippen LogP contribution in [0.3, 0.4) is 0 Å². The lowest BCUT2D eigenvalue weighted by molar-refractivity contribution is -0.292. The van der Waals surface area contributed by atoms with Crippen LogP contribution >= 0.6 is 0 Å². The zero-order chi connectivity index (χ0) is 24.8. The van der Waals surface area contributed by atoms with Crippen molar-refractivity contribution < 1.29 is 53.6 Å². The number of aliphatic hydroxyl groups excluding tert-OH is 1. The summed E-state index contributed by atoms with van der Waals surface area (Å²) in [4.78, 5) is 0. The predicted octanol–water partition coefficient (Wildman–Crippen LogP) is 0.882. The summed E-state index contributed by atoms with van der Waals surface area (Å²) in [6.07, 6.45) is -8.73. The molecule has 3 rings (SSSR count). The van der Waals surface area contributed by atoms with Crippen LogP contribution in [-0.2, 0) is 56.6 Å². The van der Waals surface area contributed by atoms with Gasteiger partial charge < -0.3 is 19.3 Å². The molecule has 1 aliphatic heterocycles. The average Bonchev–Trinajstić information content (AvgIpc) is 2.75. The number of hydrogen-bond acceptors (Lipinski definition) is 10. The van der Waals surface area contributed by atoms with Gasteiger partial charge >= 0.3 is 20.8 Å². The third kappa shape index (κ3) is 8.35. The van der Waals surface area contributed by atoms with E-state index in [0.29, 0.717) is 5.56 Å². The van der Waals surface area contributed by atoms with Crippen LogP contribution in [0.25, 0.3) is 0 Å². The predicted molar refractivity (Wildman–Crippen MR) is 115 cm³/mol. The Hall–Kier alpha value is -1.98. The molecule has 188 valence electrons. The number of benzene rings is 2. The summed E-state index contributed by atoms with van der Waals surface area (Å²) in [5.74, 6) is 0. The highest BCUT2D eigenvalue weighted by Crippen LogP contribution is 2.30. The summed E-state index contributed by atoms with van der Waals surface area (Å²) in [6, 6.07) is 17.4. The largest absolute Gasteiger partial charge is 0.397 e. The fourth-order valence-corrected chi connectivity index (χ4v) is 4.36. The van der Waals surface area contributed by atoms with Crippen molar-refractivity contribution in [2.45, 2.75) is 43.9 Å². The van der Waals surface area contributed by atoms with E-state index in [1.54, 1.807) is 60.7 Å². The van der Waals surface area contributed by atoms with E-state index in [1.165, 1.54) is 0 Å². The molecule has 0 saturated carbocycles. The molecule has 14 heteroatoms. The molecule has 1 aliphatic rings. The molecule has 0 bridgehead atoms. The highest BCUT2D eigenvalue weighted by atomic mass is 32.3. The van der Waals surface area contributed by atoms with Gasteiger partial charge in [0, 0.05) is 0 Å². The minimum absolute atomic E-state index is 0.0626. The van der Waals surface area contributed by atoms with E-state index in [1.807, 2.05) is 0 Å². The lowest BCUT2D eigenvalue weighted by atomic mass is 9.99. The summed E-state index contributed by atoms with van der Waals surface area (Å²) >= 11 is 0. The topological polar surface area (TPSA) is 175 Å². The Kier molecular flexibility index (Phi) is 9.11. The highest BCUT2D eigenvalue weighted by Gasteiger charge is 2.51. The second-order valence-electron chi connectivity index (χ2n) is 7.30. The van der Waals surface area contributed by atoms with Crippen LogP contribution < -0.4 is 0 Å². The first kappa shape index (κ1) is 26.6. The standard InChI is InChI=1S/C20H24O12S2/c21-20-19(29-12-15-9-5-2-6-10-15)18(32-34(25,26)27)17(31-33(22,23)24)16(30-20)13-28-11-14-7-3-1-4-8-14/h1-10,16-21H,11-13H2,(H,22,23,24)(H,25,26,27)/t16-,17+,18+,19-,20-/m1/s1. The molecule has 1 heterocycles. The Morgan fingerprint density at radius 1 is 0.735 bits per heavy atom. The van der Waals surface area contributed by atoms with E-state index < -0.39 is 58.1 Å². The van der Waals surface area contributed by atoms with Gasteiger partial charge in [-0.1, -0.05) is 60.7 Å². The van der Waals surface area contributed by atoms with Crippen LogP contribution in [0, 0.1) is 0 Å². The molecular formula is C20H24O12S2. The molecular weight excluding hydrogens is 496 g/mol. The van der Waals surface area contributed by atoms with Gasteiger partial charge in [-0.2, -0.15) is 16.8 Å². The van der Waals surface area contributed by atoms with Crippen molar-refractivity contribution in [3.05, 3.63) is 71.8 Å². The van der Waals surface area contributed by atoms with Gasteiger partial charge in [-0.05, 0) is 11.1 Å². The van der Waals surface area contributed by atoms with E-state index in [0.717, 1.165) is 5.56 Å². The first-order valence-corrected chi connectivity index (χ1v) is 12.7. The SMILES string of the molecule is O=S(=O)(O)O[C@@H]1[C@@H](OCc2ccccc2)[C@H](O)O[C@H](COCc2ccccc2)[C@@H]1OS(=O)(=O)O. The molecule has 0 radical (unpaired) electrons. The first-order valence-electron chi connectivity index (χ1n) is 9.94. The lowest BCUT2D eigenvalue weighted by Crippen LogP contribution is -2.62. The first-order chi connectivity index (χ1) is 16.0. The fraction of sp³-hybridized carbons (Fsp3) is 0.400. The fourth-order valence-electron chi connectivity index (χ4n) is 3.35. The van der Waals surface area contributed by atoms with Gasteiger partial charge in [0.1, 0.15) is 24.4 Å². The molecule has 12 nitrogen and oxygen atoms in total. The van der Waals surface area contributed by atoms with Gasteiger partial charge in [0.15, 0.2) is 6.29 Å². The molecule has 5 atom stereocenters. The van der Waals surface area contributed by atoms with Gasteiger partial charge in [0.05, 0.1) is 19.8 Å². The summed E-state index contributed by atoms with van der Waals surface area (Å²) < 4.78 is 90.1. The Bertz CT molecular complexity index is 1110. The van der Waals surface area contributed by atoms with Crippen LogP contribution in [0.15, 0.2) is 60.7 Å². The molecule has 1 fully saturated rings. The molecule has 0 unspecified atom stereocenters. The quantitative estimate of drug-likeness (QED) is 0.357. The zero-order valence-corrected chi connectivity index (χ0v) is 19.2. The van der Waals surface area contributed by atoms with Crippen molar-refractivity contribution in [2.75, 3.05) is 6.61 Å². The Balaban J connectivity index is 1.82. The maximum Gasteiger partial charge on any atom is 0.397 e. The Labute approximate surface area is 196 Å². The monoisotopic (exact) mass is 520 g/mol. The van der Waals surface area contributed by atoms with E-state index in [9.17, 15) is 31.0 Å². The third-order valence-electron chi connectivity index (χ3n) is 4.75. The lowest BCUT2D eigenvalue weighted by Gasteiger charge is -2.42. The van der Waals surface area contributed by atoms with E-state index in [2.05, 4.69) is 8.37 Å². The third-order valence-corrected chi connectivity index (χ3v) is 5.68. The van der Waals surface area contributed by atoms with E-state index >= 15 is 0 Å². The Morgan fingerprint density at radius 3 is 1.76 bits per heavy atom. The van der Waals surface area contributed by atoms with Crippen LogP contribution in [0.2, 0.25) is 0 Å². The Morgan fingerprint density at radius 2 is 1.24 bits per heavy atom. The molecule has 0 aromatic heterocycles. The number of aliphatic hydroxyl groups is 1. The maximum absolute atomic E-state index is 11.5. The molecule has 2 aromatic rings. The summed E-state index contributed by atoms with van der Waals surface area (Å²) in [5.41, 5.74) is 1.39. The highest BCUT2D eigenvalue weighted by molar-refractivity contribution is 7.81. The van der Waals surface area contributed by atoms with Gasteiger partial charge in [0.2, 0.25) is 0 Å². The molecule has 2 aromatic carbocycles. The molecule has 0 aliphatic carbocycles. The number of hydrogen-bond donors (Lipinski definition) is 3. The summed E-state index contributed by atoms with van der Waals surface area (Å²) in [7, 11) is -10.3. The minimum atomic E-state index is -5.18. The van der Waals surface area contributed by atoms with Crippen LogP contribution in [-0.4, -0.2) is 68.4 Å². The van der Waals surface area contributed by atoms with Gasteiger partial charge in [0.25, 0.3) is 0 Å². The zero-order valence-electron chi connectivity index (χ0n) is 17.6. The molecule has 3 N–H and O–H groups in total. The average molecular weight is 521 g/mol. The minimum Gasteiger partial charge on any atom is -0.374 e. The number of ether oxygens (including phenoxy) is 3. The smallest absolute Gasteiger partial charge is 0.374 e. The molecule has 0 amide bonds. The second kappa shape index (κ2) is 11.6. The van der Waals surface area contributed by atoms with Crippen LogP contribution in [0.4, 0.5) is 0 Å². The van der Waals surface area contributed by atoms with E-state index in [4.69, 9.17) is 14.2 Å². The molecule has 34 heavy (non-hydrogen) atoms. The number of rotatable bonds is 11. The van der Waals surface area contributed by atoms with Crippen molar-refractivity contribution in [3.8, 4) is 0 Å². The van der Waals surface area contributed by atoms with E-state index in [-0.39, 0.29) is 13.2 Å². The van der Waals surface area contributed by atoms with Crippen molar-refractivity contribution in [3.63, 3.8) is 0 Å². The van der Waals surface area contributed by atoms with Gasteiger partial charge in [-0.15, -0.1) is 0 Å². The normalized spacial score (nSPS) is 25.8. The molecule has 1 saturated heterocycles. The van der Waals surface area contributed by atoms with Crippen LogP contribution in [0.5, 0.6) is 0 Å². The van der Waals surface area contributed by atoms with Crippen molar-refractivity contribution >= 4 is 20.8 Å².